The number of nitrogens with zero attached hydrogens (tertiary/aromatic N) is 2. The van der Waals surface area contributed by atoms with Crippen LogP contribution in [0.25, 0.3) is 0 Å². The van der Waals surface area contributed by atoms with Crippen LogP contribution in [-0.2, 0) is 0 Å². The van der Waals surface area contributed by atoms with Crippen LogP contribution in [0.5, 0.6) is 5.75 Å². The van der Waals surface area contributed by atoms with Gasteiger partial charge in [-0.15, -0.1) is 0 Å². The molecule has 2 aliphatic heterocycles. The zero-order chi connectivity index (χ0) is 19.1. The summed E-state index contributed by atoms with van der Waals surface area (Å²) < 4.78 is 6.15. The molecule has 0 aliphatic carbocycles. The van der Waals surface area contributed by atoms with Crippen LogP contribution in [0.3, 0.4) is 0 Å². The SMILES string of the molecule is Cc1ccc(C(=O)[C@@H]2Oc3ccccc3[C@H]3CC(c4ccccc4)=NN32)cc1. The third-order valence-electron chi connectivity index (χ3n) is 5.37. The van der Waals surface area contributed by atoms with Crippen molar-refractivity contribution >= 4 is 11.5 Å². The maximum Gasteiger partial charge on any atom is 0.251 e. The van der Waals surface area contributed by atoms with E-state index >= 15 is 0 Å². The van der Waals surface area contributed by atoms with Gasteiger partial charge in [-0.1, -0.05) is 78.4 Å². The lowest BCUT2D eigenvalue weighted by atomic mass is 9.96. The standard InChI is InChI=1S/C24H20N2O2/c1-16-11-13-18(14-12-16)23(27)24-26-21(19-9-5-6-10-22(19)28-24)15-20(25-26)17-7-3-2-4-8-17/h2-14,21,24H,15H2,1H3/t21-,24+/m1/s1. The smallest absolute Gasteiger partial charge is 0.251 e. The van der Waals surface area contributed by atoms with Gasteiger partial charge in [-0.3, -0.25) is 4.79 Å². The average Bonchev–Trinajstić information content (AvgIpc) is 3.20. The molecule has 138 valence electrons. The van der Waals surface area contributed by atoms with Crippen molar-refractivity contribution in [3.05, 3.63) is 101 Å². The van der Waals surface area contributed by atoms with Crippen molar-refractivity contribution in [3.8, 4) is 5.75 Å². The Kier molecular flexibility index (Phi) is 3.97. The molecular weight excluding hydrogens is 348 g/mol. The molecule has 0 aromatic heterocycles. The number of benzene rings is 3. The molecule has 0 unspecified atom stereocenters. The van der Waals surface area contributed by atoms with E-state index in [1.807, 2.05) is 72.6 Å². The number of aryl methyl sites for hydroxylation is 1. The Bertz CT molecular complexity index is 1060. The van der Waals surface area contributed by atoms with Gasteiger partial charge in [0.25, 0.3) is 6.23 Å². The van der Waals surface area contributed by atoms with Gasteiger partial charge < -0.3 is 4.74 Å². The Morgan fingerprint density at radius 2 is 1.68 bits per heavy atom. The first-order valence-corrected chi connectivity index (χ1v) is 9.48. The molecule has 2 heterocycles. The summed E-state index contributed by atoms with van der Waals surface area (Å²) in [5.41, 5.74) is 4.89. The largest absolute Gasteiger partial charge is 0.461 e. The Balaban J connectivity index is 1.56. The molecule has 0 spiro atoms. The van der Waals surface area contributed by atoms with Gasteiger partial charge in [0.05, 0.1) is 11.8 Å². The number of rotatable bonds is 3. The molecule has 0 N–H and O–H groups in total. The van der Waals surface area contributed by atoms with Crippen molar-refractivity contribution in [3.63, 3.8) is 0 Å². The molecule has 0 amide bonds. The monoisotopic (exact) mass is 368 g/mol. The summed E-state index contributed by atoms with van der Waals surface area (Å²) in [6.07, 6.45) is -0.00831. The molecule has 4 heteroatoms. The zero-order valence-electron chi connectivity index (χ0n) is 15.6. The summed E-state index contributed by atoms with van der Waals surface area (Å²) in [6.45, 7) is 2.01. The van der Waals surface area contributed by atoms with E-state index in [9.17, 15) is 4.79 Å². The minimum Gasteiger partial charge on any atom is -0.461 e. The van der Waals surface area contributed by atoms with E-state index in [0.717, 1.165) is 34.6 Å². The normalized spacial score (nSPS) is 20.0. The van der Waals surface area contributed by atoms with Gasteiger partial charge in [0.1, 0.15) is 5.75 Å². The fraction of sp³-hybridized carbons (Fsp3) is 0.167. The van der Waals surface area contributed by atoms with Crippen LogP contribution in [-0.4, -0.2) is 22.7 Å². The number of ether oxygens (including phenoxy) is 1. The minimum atomic E-state index is -0.760. The first kappa shape index (κ1) is 16.8. The molecule has 0 bridgehead atoms. The van der Waals surface area contributed by atoms with Crippen molar-refractivity contribution < 1.29 is 9.53 Å². The molecule has 0 saturated heterocycles. The number of carbonyl (C=O) groups is 1. The minimum absolute atomic E-state index is 0.000413. The van der Waals surface area contributed by atoms with Crippen LogP contribution in [0.1, 0.15) is 39.5 Å². The van der Waals surface area contributed by atoms with Gasteiger partial charge in [0, 0.05) is 17.5 Å². The van der Waals surface area contributed by atoms with Crippen molar-refractivity contribution in [1.82, 2.24) is 5.01 Å². The second kappa shape index (κ2) is 6.64. The van der Waals surface area contributed by atoms with Gasteiger partial charge in [0.2, 0.25) is 5.78 Å². The number of hydrazone groups is 1. The molecule has 4 nitrogen and oxygen atoms in total. The van der Waals surface area contributed by atoms with Crippen LogP contribution < -0.4 is 4.74 Å². The molecule has 2 atom stereocenters. The lowest BCUT2D eigenvalue weighted by Crippen LogP contribution is -2.45. The number of carbonyl (C=O) groups excluding carboxylic acids is 1. The second-order valence-corrected chi connectivity index (χ2v) is 7.25. The summed E-state index contributed by atoms with van der Waals surface area (Å²) in [6, 6.07) is 25.7. The molecule has 3 aromatic carbocycles. The van der Waals surface area contributed by atoms with Crippen molar-refractivity contribution in [2.45, 2.75) is 25.6 Å². The average molecular weight is 368 g/mol. The number of hydrogen-bond donors (Lipinski definition) is 0. The highest BCUT2D eigenvalue weighted by Crippen LogP contribution is 2.43. The third kappa shape index (κ3) is 2.78. The van der Waals surface area contributed by atoms with E-state index in [0.29, 0.717) is 5.56 Å². The first-order chi connectivity index (χ1) is 13.7. The third-order valence-corrected chi connectivity index (χ3v) is 5.37. The summed E-state index contributed by atoms with van der Waals surface area (Å²) >= 11 is 0. The Labute approximate surface area is 164 Å². The lowest BCUT2D eigenvalue weighted by molar-refractivity contribution is -0.00455. The van der Waals surface area contributed by atoms with Gasteiger partial charge in [-0.2, -0.15) is 5.10 Å². The highest BCUT2D eigenvalue weighted by molar-refractivity contribution is 6.03. The molecule has 28 heavy (non-hydrogen) atoms. The zero-order valence-corrected chi connectivity index (χ0v) is 15.6. The maximum absolute atomic E-state index is 13.3. The predicted molar refractivity (Wildman–Crippen MR) is 109 cm³/mol. The van der Waals surface area contributed by atoms with Crippen LogP contribution in [0.15, 0.2) is 84.0 Å². The lowest BCUT2D eigenvalue weighted by Gasteiger charge is -2.37. The number of Topliss-reactive ketones (excluding diaryl/α,β-unsaturated/α-hetero) is 1. The summed E-state index contributed by atoms with van der Waals surface area (Å²) in [7, 11) is 0. The molecule has 2 aliphatic rings. The fourth-order valence-electron chi connectivity index (χ4n) is 3.87. The van der Waals surface area contributed by atoms with Crippen LogP contribution in [0, 0.1) is 6.92 Å². The first-order valence-electron chi connectivity index (χ1n) is 9.48. The maximum atomic E-state index is 13.3. The molecule has 0 saturated carbocycles. The highest BCUT2D eigenvalue weighted by Gasteiger charge is 2.43. The van der Waals surface area contributed by atoms with Crippen LogP contribution in [0.4, 0.5) is 0 Å². The Hall–Kier alpha value is -3.40. The van der Waals surface area contributed by atoms with Crippen molar-refractivity contribution in [1.29, 1.82) is 0 Å². The molecular formula is C24H20N2O2. The van der Waals surface area contributed by atoms with E-state index < -0.39 is 6.23 Å². The fourth-order valence-corrected chi connectivity index (χ4v) is 3.87. The Morgan fingerprint density at radius 1 is 0.964 bits per heavy atom. The number of para-hydroxylation sites is 1. The van der Waals surface area contributed by atoms with Crippen molar-refractivity contribution in [2.75, 3.05) is 0 Å². The number of hydrogen-bond acceptors (Lipinski definition) is 4. The van der Waals surface area contributed by atoms with Crippen LogP contribution >= 0.6 is 0 Å². The van der Waals surface area contributed by atoms with E-state index in [-0.39, 0.29) is 11.8 Å². The highest BCUT2D eigenvalue weighted by atomic mass is 16.5. The second-order valence-electron chi connectivity index (χ2n) is 7.25. The van der Waals surface area contributed by atoms with Crippen molar-refractivity contribution in [2.24, 2.45) is 5.10 Å². The van der Waals surface area contributed by atoms with Gasteiger partial charge in [-0.05, 0) is 18.6 Å². The van der Waals surface area contributed by atoms with E-state index in [2.05, 4.69) is 18.2 Å². The summed E-state index contributed by atoms with van der Waals surface area (Å²) in [4.78, 5) is 13.3. The van der Waals surface area contributed by atoms with Gasteiger partial charge in [0.15, 0.2) is 0 Å². The van der Waals surface area contributed by atoms with E-state index in [1.165, 1.54) is 0 Å². The predicted octanol–water partition coefficient (Wildman–Crippen LogP) is 4.75. The van der Waals surface area contributed by atoms with Gasteiger partial charge in [-0.25, -0.2) is 5.01 Å². The van der Waals surface area contributed by atoms with E-state index in [1.54, 1.807) is 0 Å². The molecule has 3 aromatic rings. The summed E-state index contributed by atoms with van der Waals surface area (Å²) in [5, 5.41) is 6.67. The van der Waals surface area contributed by atoms with E-state index in [4.69, 9.17) is 9.84 Å². The Morgan fingerprint density at radius 3 is 2.46 bits per heavy atom. The topological polar surface area (TPSA) is 41.9 Å². The number of ketones is 1. The quantitative estimate of drug-likeness (QED) is 0.627. The summed E-state index contributed by atoms with van der Waals surface area (Å²) in [5.74, 6) is 0.691. The van der Waals surface area contributed by atoms with Gasteiger partial charge >= 0.3 is 0 Å². The molecule has 0 fully saturated rings. The van der Waals surface area contributed by atoms with Crippen LogP contribution in [0.2, 0.25) is 0 Å². The molecule has 5 rings (SSSR count). The molecule has 0 radical (unpaired) electrons. The number of fused-ring (bicyclic) bond motifs is 3.